The Morgan fingerprint density at radius 3 is 2.59 bits per heavy atom. The molecule has 2 atom stereocenters. The van der Waals surface area contributed by atoms with Crippen LogP contribution in [0.3, 0.4) is 0 Å². The normalized spacial score (nSPS) is 21.7. The highest BCUT2D eigenvalue weighted by Crippen LogP contribution is 2.33. The van der Waals surface area contributed by atoms with Gasteiger partial charge >= 0.3 is 0 Å². The number of rotatable bonds is 4. The van der Waals surface area contributed by atoms with Crippen LogP contribution in [0.2, 0.25) is 0 Å². The highest BCUT2D eigenvalue weighted by atomic mass is 19.1. The van der Waals surface area contributed by atoms with Crippen molar-refractivity contribution in [1.29, 1.82) is 0 Å². The van der Waals surface area contributed by atoms with E-state index in [0.29, 0.717) is 55.3 Å². The average Bonchev–Trinajstić information content (AvgIpc) is 3.33. The molecule has 2 bridgehead atoms. The predicted molar refractivity (Wildman–Crippen MR) is 148 cm³/mol. The van der Waals surface area contributed by atoms with Gasteiger partial charge in [-0.2, -0.15) is 0 Å². The van der Waals surface area contributed by atoms with Crippen LogP contribution in [0.15, 0.2) is 41.2 Å². The van der Waals surface area contributed by atoms with Crippen LogP contribution in [0.1, 0.15) is 58.9 Å². The van der Waals surface area contributed by atoms with Crippen LogP contribution in [0, 0.1) is 18.7 Å². The number of hydrogen-bond donors (Lipinski definition) is 1. The zero-order chi connectivity index (χ0) is 28.2. The molecule has 2 amide bonds. The summed E-state index contributed by atoms with van der Waals surface area (Å²) in [6.07, 6.45) is 3.05. The highest BCUT2D eigenvalue weighted by Gasteiger charge is 2.42. The summed E-state index contributed by atoms with van der Waals surface area (Å²) in [5.74, 6) is 0.121. The number of halogens is 1. The molecule has 6 heterocycles. The Morgan fingerprint density at radius 1 is 1.02 bits per heavy atom. The van der Waals surface area contributed by atoms with Gasteiger partial charge in [-0.25, -0.2) is 4.39 Å². The molecule has 1 N–H and O–H groups in total. The summed E-state index contributed by atoms with van der Waals surface area (Å²) in [6.45, 7) is 4.29. The zero-order valence-electron chi connectivity index (χ0n) is 22.8. The van der Waals surface area contributed by atoms with E-state index in [1.807, 2.05) is 28.9 Å². The zero-order valence-corrected chi connectivity index (χ0v) is 22.8. The van der Waals surface area contributed by atoms with Crippen LogP contribution < -0.4 is 5.56 Å². The van der Waals surface area contributed by atoms with Gasteiger partial charge in [0.15, 0.2) is 0 Å². The fourth-order valence-corrected chi connectivity index (χ4v) is 6.67. The molecular formula is C30H31FN6O4. The fourth-order valence-electron chi connectivity index (χ4n) is 6.67. The van der Waals surface area contributed by atoms with E-state index >= 15 is 0 Å². The molecule has 0 saturated carbocycles. The monoisotopic (exact) mass is 558 g/mol. The third-order valence-electron chi connectivity index (χ3n) is 8.89. The van der Waals surface area contributed by atoms with Gasteiger partial charge in [0.2, 0.25) is 11.6 Å². The first kappa shape index (κ1) is 25.8. The largest absolute Gasteiger partial charge is 0.381 e. The van der Waals surface area contributed by atoms with E-state index < -0.39 is 0 Å². The molecule has 0 aliphatic carbocycles. The second kappa shape index (κ2) is 10.1. The number of aryl methyl sites for hydroxylation is 1. The fraction of sp³-hybridized carbons (Fsp3) is 0.433. The van der Waals surface area contributed by atoms with Crippen LogP contribution in [0.25, 0.3) is 16.7 Å². The first-order valence-electron chi connectivity index (χ1n) is 14.2. The molecule has 4 aliphatic heterocycles. The van der Waals surface area contributed by atoms with Crippen molar-refractivity contribution >= 4 is 28.5 Å². The molecule has 2 aromatic heterocycles. The molecule has 0 spiro atoms. The number of H-pyrrole nitrogens is 1. The minimum atomic E-state index is -0.327. The lowest BCUT2D eigenvalue weighted by atomic mass is 9.93. The van der Waals surface area contributed by atoms with E-state index in [4.69, 9.17) is 4.74 Å². The van der Waals surface area contributed by atoms with E-state index in [1.54, 1.807) is 16.5 Å². The maximum absolute atomic E-state index is 14.2. The van der Waals surface area contributed by atoms with Gasteiger partial charge in [-0.3, -0.25) is 18.8 Å². The predicted octanol–water partition coefficient (Wildman–Crippen LogP) is 3.18. The number of hydrogen-bond acceptors (Lipinski definition) is 6. The Balaban J connectivity index is 1.24. The summed E-state index contributed by atoms with van der Waals surface area (Å²) in [5.41, 5.74) is 3.30. The van der Waals surface area contributed by atoms with Crippen LogP contribution in [0.4, 0.5) is 4.39 Å². The van der Waals surface area contributed by atoms with Crippen molar-refractivity contribution in [1.82, 2.24) is 29.4 Å². The molecule has 4 fully saturated rings. The van der Waals surface area contributed by atoms with Crippen LogP contribution in [-0.2, 0) is 16.1 Å². The molecule has 4 aromatic rings. The summed E-state index contributed by atoms with van der Waals surface area (Å²) < 4.78 is 20.7. The summed E-state index contributed by atoms with van der Waals surface area (Å²) in [4.78, 5) is 47.0. The number of piperidine rings is 1. The van der Waals surface area contributed by atoms with Crippen LogP contribution in [0.5, 0.6) is 0 Å². The number of nitrogens with zero attached hydrogens (tertiary/aromatic N) is 5. The molecule has 212 valence electrons. The Hall–Kier alpha value is -4.12. The molecule has 2 aromatic carbocycles. The number of aromatic amines is 1. The number of nitrogens with one attached hydrogen (secondary N) is 1. The number of carbonyl (C=O) groups excluding carboxylic acids is 2. The maximum Gasteiger partial charge on any atom is 0.294 e. The van der Waals surface area contributed by atoms with Gasteiger partial charge in [-0.05, 0) is 68.0 Å². The second-order valence-electron chi connectivity index (χ2n) is 11.5. The van der Waals surface area contributed by atoms with Gasteiger partial charge < -0.3 is 19.5 Å². The number of aromatic nitrogens is 4. The van der Waals surface area contributed by atoms with Crippen molar-refractivity contribution in [3.63, 3.8) is 0 Å². The molecule has 41 heavy (non-hydrogen) atoms. The van der Waals surface area contributed by atoms with Crippen molar-refractivity contribution in [3.05, 3.63) is 75.1 Å². The SMILES string of the molecule is Cc1cc2[nH]c(=O)c3nnc(C4CCOCC4)n3c2cc1C(=O)N1CC2CCC1CN(Cc1ccc(F)cc1)C2=O. The smallest absolute Gasteiger partial charge is 0.294 e. The van der Waals surface area contributed by atoms with Gasteiger partial charge in [0, 0.05) is 50.4 Å². The van der Waals surface area contributed by atoms with E-state index in [1.165, 1.54) is 12.1 Å². The van der Waals surface area contributed by atoms with E-state index in [-0.39, 0.29) is 46.7 Å². The number of ether oxygens (including phenoxy) is 1. The highest BCUT2D eigenvalue weighted by molar-refractivity contribution is 6.00. The van der Waals surface area contributed by atoms with Crippen molar-refractivity contribution in [2.75, 3.05) is 26.3 Å². The van der Waals surface area contributed by atoms with Gasteiger partial charge in [-0.1, -0.05) is 12.1 Å². The number of fused-ring (bicyclic) bond motifs is 7. The van der Waals surface area contributed by atoms with E-state index in [9.17, 15) is 18.8 Å². The van der Waals surface area contributed by atoms with Gasteiger partial charge in [0.05, 0.1) is 17.0 Å². The van der Waals surface area contributed by atoms with Gasteiger partial charge in [0.25, 0.3) is 11.5 Å². The molecule has 4 aliphatic rings. The Kier molecular flexibility index (Phi) is 6.33. The maximum atomic E-state index is 14.2. The molecule has 10 nitrogen and oxygen atoms in total. The topological polar surface area (TPSA) is 113 Å². The quantitative estimate of drug-likeness (QED) is 0.412. The Labute approximate surface area is 235 Å². The first-order valence-corrected chi connectivity index (χ1v) is 14.2. The lowest BCUT2D eigenvalue weighted by Crippen LogP contribution is -2.47. The van der Waals surface area contributed by atoms with Crippen molar-refractivity contribution in [3.8, 4) is 0 Å². The number of benzene rings is 2. The molecule has 2 unspecified atom stereocenters. The average molecular weight is 559 g/mol. The van der Waals surface area contributed by atoms with E-state index in [2.05, 4.69) is 15.2 Å². The van der Waals surface area contributed by atoms with Crippen LogP contribution >= 0.6 is 0 Å². The molecule has 4 saturated heterocycles. The minimum absolute atomic E-state index is 0.0345. The molecule has 0 radical (unpaired) electrons. The lowest BCUT2D eigenvalue weighted by molar-refractivity contribution is -0.134. The van der Waals surface area contributed by atoms with Gasteiger partial charge in [0.1, 0.15) is 11.6 Å². The summed E-state index contributed by atoms with van der Waals surface area (Å²) in [7, 11) is 0. The summed E-state index contributed by atoms with van der Waals surface area (Å²) in [6, 6.07) is 9.74. The van der Waals surface area contributed by atoms with Crippen molar-refractivity contribution in [2.45, 2.75) is 51.1 Å². The molecular weight excluding hydrogens is 527 g/mol. The third-order valence-corrected chi connectivity index (χ3v) is 8.89. The lowest BCUT2D eigenvalue weighted by Gasteiger charge is -2.36. The third kappa shape index (κ3) is 4.48. The second-order valence-corrected chi connectivity index (χ2v) is 11.5. The Bertz CT molecular complexity index is 1730. The van der Waals surface area contributed by atoms with E-state index in [0.717, 1.165) is 36.8 Å². The van der Waals surface area contributed by atoms with Crippen molar-refractivity contribution < 1.29 is 18.7 Å². The van der Waals surface area contributed by atoms with Crippen molar-refractivity contribution in [2.24, 2.45) is 5.92 Å². The summed E-state index contributed by atoms with van der Waals surface area (Å²) in [5, 5.41) is 8.59. The number of carbonyl (C=O) groups is 2. The number of amides is 2. The standard InChI is InChI=1S/C30H31FN6O4/c1-17-12-24-25(37-26(19-8-10-41-11-9-19)33-34-27(37)28(38)32-24)13-23(17)30(40)36-15-20-4-7-22(36)16-35(29(20)39)14-18-2-5-21(31)6-3-18/h2-3,5-6,12-13,19-20,22H,4,7-11,14-16H2,1H3,(H,32,38). The summed E-state index contributed by atoms with van der Waals surface area (Å²) >= 11 is 0. The molecule has 8 rings (SSSR count). The van der Waals surface area contributed by atoms with Gasteiger partial charge in [-0.15, -0.1) is 10.2 Å². The molecule has 11 heteroatoms. The Morgan fingerprint density at radius 2 is 1.80 bits per heavy atom. The van der Waals surface area contributed by atoms with Crippen LogP contribution in [-0.4, -0.2) is 73.5 Å². The first-order chi connectivity index (χ1) is 19.9. The minimum Gasteiger partial charge on any atom is -0.381 e.